The van der Waals surface area contributed by atoms with Crippen LogP contribution in [-0.4, -0.2) is 15.5 Å². The number of nitrogens with two attached hydrogens (primary N) is 1. The van der Waals surface area contributed by atoms with Gasteiger partial charge in [-0.3, -0.25) is 4.68 Å². The lowest BCUT2D eigenvalue weighted by Gasteiger charge is -2.17. The third-order valence-corrected chi connectivity index (χ3v) is 4.29. The van der Waals surface area contributed by atoms with E-state index in [1.807, 2.05) is 24.1 Å². The number of hydrogen-bond acceptors (Lipinski definition) is 3. The van der Waals surface area contributed by atoms with Crippen molar-refractivity contribution in [2.24, 2.45) is 12.8 Å². The van der Waals surface area contributed by atoms with Crippen LogP contribution in [-0.2, 0) is 7.05 Å². The molecule has 102 valence electrons. The van der Waals surface area contributed by atoms with Gasteiger partial charge >= 0.3 is 0 Å². The fourth-order valence-corrected chi connectivity index (χ4v) is 3.41. The number of rotatable bonds is 4. The Bertz CT molecular complexity index is 552. The predicted molar refractivity (Wildman–Crippen MR) is 81.5 cm³/mol. The van der Waals surface area contributed by atoms with Gasteiger partial charge in [0.1, 0.15) is 0 Å². The van der Waals surface area contributed by atoms with Gasteiger partial charge in [0.05, 0.1) is 6.20 Å². The van der Waals surface area contributed by atoms with Gasteiger partial charge in [-0.15, -0.1) is 11.8 Å². The minimum absolute atomic E-state index is 0.0609. The average Bonchev–Trinajstić information content (AvgIpc) is 2.71. The zero-order chi connectivity index (χ0) is 14.0. The van der Waals surface area contributed by atoms with Gasteiger partial charge in [0.25, 0.3) is 0 Å². The van der Waals surface area contributed by atoms with Gasteiger partial charge in [-0.05, 0) is 37.5 Å². The highest BCUT2D eigenvalue weighted by Crippen LogP contribution is 2.27. The second kappa shape index (κ2) is 5.80. The minimum atomic E-state index is 0.0609. The molecule has 0 amide bonds. The normalized spacial score (nSPS) is 12.7. The van der Waals surface area contributed by atoms with Gasteiger partial charge in [0.15, 0.2) is 0 Å². The maximum absolute atomic E-state index is 6.35. The molecule has 1 heterocycles. The Morgan fingerprint density at radius 1 is 1.26 bits per heavy atom. The summed E-state index contributed by atoms with van der Waals surface area (Å²) in [6.45, 7) is 6.41. The van der Waals surface area contributed by atoms with Crippen molar-refractivity contribution >= 4 is 11.8 Å². The zero-order valence-corrected chi connectivity index (χ0v) is 12.8. The Kier molecular flexibility index (Phi) is 4.32. The van der Waals surface area contributed by atoms with Gasteiger partial charge in [-0.25, -0.2) is 0 Å². The van der Waals surface area contributed by atoms with E-state index in [0.29, 0.717) is 0 Å². The Morgan fingerprint density at radius 2 is 1.89 bits per heavy atom. The summed E-state index contributed by atoms with van der Waals surface area (Å²) in [5.41, 5.74) is 11.5. The molecule has 19 heavy (non-hydrogen) atoms. The standard InChI is InChI=1S/C15H21N3S/c1-10-5-11(2)15(12(3)6-10)14(16)9-19-13-7-17-18(4)8-13/h5-8,14H,9,16H2,1-4H3. The summed E-state index contributed by atoms with van der Waals surface area (Å²) in [7, 11) is 1.93. The third kappa shape index (κ3) is 3.39. The van der Waals surface area contributed by atoms with Crippen LogP contribution in [0.15, 0.2) is 29.4 Å². The summed E-state index contributed by atoms with van der Waals surface area (Å²) >= 11 is 1.76. The van der Waals surface area contributed by atoms with Crippen molar-refractivity contribution in [1.29, 1.82) is 0 Å². The molecule has 0 bridgehead atoms. The van der Waals surface area contributed by atoms with Crippen LogP contribution in [0.25, 0.3) is 0 Å². The van der Waals surface area contributed by atoms with Crippen LogP contribution >= 0.6 is 11.8 Å². The molecule has 0 radical (unpaired) electrons. The van der Waals surface area contributed by atoms with E-state index in [4.69, 9.17) is 5.73 Å². The highest BCUT2D eigenvalue weighted by atomic mass is 32.2. The molecule has 4 heteroatoms. The molecule has 1 aromatic carbocycles. The monoisotopic (exact) mass is 275 g/mol. The van der Waals surface area contributed by atoms with E-state index in [0.717, 1.165) is 5.75 Å². The van der Waals surface area contributed by atoms with E-state index in [2.05, 4.69) is 38.0 Å². The Morgan fingerprint density at radius 3 is 2.42 bits per heavy atom. The van der Waals surface area contributed by atoms with Crippen LogP contribution in [0.1, 0.15) is 28.3 Å². The maximum atomic E-state index is 6.35. The van der Waals surface area contributed by atoms with Gasteiger partial charge in [0.2, 0.25) is 0 Å². The molecule has 3 nitrogen and oxygen atoms in total. The van der Waals surface area contributed by atoms with Crippen LogP contribution < -0.4 is 5.73 Å². The highest BCUT2D eigenvalue weighted by Gasteiger charge is 2.13. The maximum Gasteiger partial charge on any atom is 0.0625 e. The molecule has 0 fully saturated rings. The van der Waals surface area contributed by atoms with E-state index in [1.165, 1.54) is 27.1 Å². The molecule has 0 spiro atoms. The topological polar surface area (TPSA) is 43.8 Å². The van der Waals surface area contributed by atoms with E-state index in [9.17, 15) is 0 Å². The Balaban J connectivity index is 2.10. The quantitative estimate of drug-likeness (QED) is 0.872. The molecule has 0 saturated carbocycles. The SMILES string of the molecule is Cc1cc(C)c(C(N)CSc2cnn(C)c2)c(C)c1. The summed E-state index contributed by atoms with van der Waals surface area (Å²) < 4.78 is 1.82. The first-order chi connectivity index (χ1) is 8.97. The van der Waals surface area contributed by atoms with Crippen LogP contribution in [0, 0.1) is 20.8 Å². The summed E-state index contributed by atoms with van der Waals surface area (Å²) in [5, 5.41) is 4.17. The van der Waals surface area contributed by atoms with Crippen LogP contribution in [0.2, 0.25) is 0 Å². The summed E-state index contributed by atoms with van der Waals surface area (Å²) in [6, 6.07) is 4.47. The van der Waals surface area contributed by atoms with E-state index in [-0.39, 0.29) is 6.04 Å². The predicted octanol–water partition coefficient (Wildman–Crippen LogP) is 3.14. The summed E-state index contributed by atoms with van der Waals surface area (Å²) in [4.78, 5) is 1.17. The molecular formula is C15H21N3S. The van der Waals surface area contributed by atoms with Crippen molar-refractivity contribution in [3.05, 3.63) is 46.8 Å². The van der Waals surface area contributed by atoms with E-state index >= 15 is 0 Å². The van der Waals surface area contributed by atoms with Crippen LogP contribution in [0.3, 0.4) is 0 Å². The second-order valence-electron chi connectivity index (χ2n) is 5.08. The molecule has 0 aliphatic rings. The second-order valence-corrected chi connectivity index (χ2v) is 6.17. The van der Waals surface area contributed by atoms with Crippen molar-refractivity contribution in [3.63, 3.8) is 0 Å². The van der Waals surface area contributed by atoms with Crippen molar-refractivity contribution in [3.8, 4) is 0 Å². The number of aryl methyl sites for hydroxylation is 4. The lowest BCUT2D eigenvalue weighted by Crippen LogP contribution is -2.16. The van der Waals surface area contributed by atoms with Gasteiger partial charge in [-0.1, -0.05) is 17.7 Å². The molecule has 1 aromatic heterocycles. The molecule has 1 atom stereocenters. The molecule has 0 aliphatic carbocycles. The van der Waals surface area contributed by atoms with Gasteiger partial charge in [0, 0.05) is 29.9 Å². The van der Waals surface area contributed by atoms with Crippen molar-refractivity contribution in [2.75, 3.05) is 5.75 Å². The van der Waals surface area contributed by atoms with Gasteiger partial charge < -0.3 is 5.73 Å². The smallest absolute Gasteiger partial charge is 0.0625 e. The third-order valence-electron chi connectivity index (χ3n) is 3.22. The van der Waals surface area contributed by atoms with Crippen molar-refractivity contribution < 1.29 is 0 Å². The fraction of sp³-hybridized carbons (Fsp3) is 0.400. The summed E-state index contributed by atoms with van der Waals surface area (Å²) in [6.07, 6.45) is 3.90. The van der Waals surface area contributed by atoms with Gasteiger partial charge in [-0.2, -0.15) is 5.10 Å². The average molecular weight is 275 g/mol. The Hall–Kier alpha value is -1.26. The molecule has 0 aliphatic heterocycles. The van der Waals surface area contributed by atoms with Crippen LogP contribution in [0.4, 0.5) is 0 Å². The number of nitrogens with zero attached hydrogens (tertiary/aromatic N) is 2. The first kappa shape index (κ1) is 14.2. The fourth-order valence-electron chi connectivity index (χ4n) is 2.52. The van der Waals surface area contributed by atoms with Crippen molar-refractivity contribution in [1.82, 2.24) is 9.78 Å². The lowest BCUT2D eigenvalue weighted by atomic mass is 9.95. The molecule has 1 unspecified atom stereocenters. The molecule has 2 N–H and O–H groups in total. The van der Waals surface area contributed by atoms with E-state index < -0.39 is 0 Å². The molecule has 2 rings (SSSR count). The minimum Gasteiger partial charge on any atom is -0.323 e. The Labute approximate surface area is 119 Å². The summed E-state index contributed by atoms with van der Waals surface area (Å²) in [5.74, 6) is 0.871. The first-order valence-electron chi connectivity index (χ1n) is 6.42. The lowest BCUT2D eigenvalue weighted by molar-refractivity contribution is 0.766. The molecule has 2 aromatic rings. The largest absolute Gasteiger partial charge is 0.323 e. The first-order valence-corrected chi connectivity index (χ1v) is 7.40. The highest BCUT2D eigenvalue weighted by molar-refractivity contribution is 7.99. The van der Waals surface area contributed by atoms with Crippen LogP contribution in [0.5, 0.6) is 0 Å². The molecule has 0 saturated heterocycles. The zero-order valence-electron chi connectivity index (χ0n) is 12.0. The van der Waals surface area contributed by atoms with E-state index in [1.54, 1.807) is 11.8 Å². The van der Waals surface area contributed by atoms with Crippen molar-refractivity contribution in [2.45, 2.75) is 31.7 Å². The number of thioether (sulfide) groups is 1. The number of aromatic nitrogens is 2. The number of hydrogen-bond donors (Lipinski definition) is 1. The number of benzene rings is 1. The molecular weight excluding hydrogens is 254 g/mol.